The number of hydrogen-bond acceptors (Lipinski definition) is 8. The highest BCUT2D eigenvalue weighted by atomic mass is 32.2. The van der Waals surface area contributed by atoms with Crippen LogP contribution in [0, 0.1) is 0 Å². The summed E-state index contributed by atoms with van der Waals surface area (Å²) in [6.45, 7) is 0.825. The lowest BCUT2D eigenvalue weighted by molar-refractivity contribution is -0.137. The molecule has 2 aliphatic rings. The van der Waals surface area contributed by atoms with E-state index in [9.17, 15) is 14.4 Å². The van der Waals surface area contributed by atoms with Gasteiger partial charge >= 0.3 is 12.0 Å². The van der Waals surface area contributed by atoms with E-state index in [0.717, 1.165) is 0 Å². The molecule has 22 heavy (non-hydrogen) atoms. The van der Waals surface area contributed by atoms with Crippen LogP contribution in [-0.4, -0.2) is 85.3 Å². The van der Waals surface area contributed by atoms with E-state index in [2.05, 4.69) is 15.0 Å². The van der Waals surface area contributed by atoms with Gasteiger partial charge in [-0.1, -0.05) is 11.8 Å². The molecule has 0 aromatic heterocycles. The van der Waals surface area contributed by atoms with Crippen molar-refractivity contribution in [2.45, 2.75) is 12.2 Å². The standard InChI is InChI=1S/C12H18N4O5S/c1-15-9-8(10(18)14-11(15)19)16(4-5-20-2)12(13-9)22-6-7(17)21-3/h8-9H,4-6H2,1-3H3,(H,14,18,19). The van der Waals surface area contributed by atoms with Crippen molar-refractivity contribution in [2.24, 2.45) is 4.99 Å². The van der Waals surface area contributed by atoms with Crippen LogP contribution in [0.5, 0.6) is 0 Å². The molecule has 3 amide bonds. The zero-order valence-corrected chi connectivity index (χ0v) is 13.4. The second kappa shape index (κ2) is 6.97. The summed E-state index contributed by atoms with van der Waals surface area (Å²) < 4.78 is 9.65. The maximum atomic E-state index is 12.1. The van der Waals surface area contributed by atoms with Gasteiger partial charge in [0, 0.05) is 20.7 Å². The first-order valence-electron chi connectivity index (χ1n) is 6.60. The molecule has 1 fully saturated rings. The predicted octanol–water partition coefficient (Wildman–Crippen LogP) is -0.913. The number of nitrogens with zero attached hydrogens (tertiary/aromatic N) is 3. The third-order valence-electron chi connectivity index (χ3n) is 3.41. The molecule has 0 aromatic rings. The van der Waals surface area contributed by atoms with Crippen molar-refractivity contribution in [1.82, 2.24) is 15.1 Å². The summed E-state index contributed by atoms with van der Waals surface area (Å²) in [7, 11) is 4.44. The van der Waals surface area contributed by atoms with E-state index in [1.54, 1.807) is 19.1 Å². The van der Waals surface area contributed by atoms with Gasteiger partial charge in [-0.25, -0.2) is 9.79 Å². The molecule has 0 aliphatic carbocycles. The minimum atomic E-state index is -0.613. The van der Waals surface area contributed by atoms with Crippen LogP contribution >= 0.6 is 11.8 Å². The van der Waals surface area contributed by atoms with Crippen LogP contribution in [0.2, 0.25) is 0 Å². The number of imide groups is 1. The molecule has 0 saturated carbocycles. The van der Waals surface area contributed by atoms with Crippen LogP contribution in [-0.2, 0) is 19.1 Å². The van der Waals surface area contributed by atoms with Crippen molar-refractivity contribution in [1.29, 1.82) is 0 Å². The summed E-state index contributed by atoms with van der Waals surface area (Å²) in [6, 6.07) is -1.10. The normalized spacial score (nSPS) is 24.0. The van der Waals surface area contributed by atoms with Crippen LogP contribution in [0.25, 0.3) is 0 Å². The van der Waals surface area contributed by atoms with Gasteiger partial charge in [-0.3, -0.25) is 14.9 Å². The number of fused-ring (bicyclic) bond motifs is 1. The van der Waals surface area contributed by atoms with E-state index in [4.69, 9.17) is 4.74 Å². The number of aliphatic imine (C=N–C) groups is 1. The van der Waals surface area contributed by atoms with Crippen LogP contribution in [0.4, 0.5) is 4.79 Å². The van der Waals surface area contributed by atoms with E-state index >= 15 is 0 Å². The molecule has 0 radical (unpaired) electrons. The molecule has 0 spiro atoms. The van der Waals surface area contributed by atoms with Crippen LogP contribution < -0.4 is 5.32 Å². The molecular formula is C12H18N4O5S. The number of hydrogen-bond donors (Lipinski definition) is 1. The first kappa shape index (κ1) is 16.6. The van der Waals surface area contributed by atoms with Gasteiger partial charge in [0.15, 0.2) is 17.4 Å². The molecule has 2 atom stereocenters. The fourth-order valence-electron chi connectivity index (χ4n) is 2.23. The number of amidine groups is 1. The summed E-state index contributed by atoms with van der Waals surface area (Å²) in [6.07, 6.45) is -0.599. The van der Waals surface area contributed by atoms with E-state index in [1.807, 2.05) is 0 Å². The minimum Gasteiger partial charge on any atom is -0.468 e. The molecular weight excluding hydrogens is 312 g/mol. The molecule has 10 heteroatoms. The smallest absolute Gasteiger partial charge is 0.325 e. The molecule has 2 rings (SSSR count). The number of methoxy groups -OCH3 is 2. The molecule has 1 saturated heterocycles. The Hall–Kier alpha value is -1.81. The Morgan fingerprint density at radius 2 is 2.14 bits per heavy atom. The third-order valence-corrected chi connectivity index (χ3v) is 4.38. The van der Waals surface area contributed by atoms with Gasteiger partial charge in [-0.05, 0) is 0 Å². The van der Waals surface area contributed by atoms with Gasteiger partial charge in [-0.2, -0.15) is 0 Å². The Labute approximate surface area is 132 Å². The lowest BCUT2D eigenvalue weighted by atomic mass is 10.1. The monoisotopic (exact) mass is 330 g/mol. The zero-order valence-electron chi connectivity index (χ0n) is 12.6. The SMILES string of the molecule is COCCN1C(SCC(=O)OC)=NC2C1C(=O)NC(=O)N2C. The highest BCUT2D eigenvalue weighted by molar-refractivity contribution is 8.14. The summed E-state index contributed by atoms with van der Waals surface area (Å²) in [5.41, 5.74) is 0. The summed E-state index contributed by atoms with van der Waals surface area (Å²) >= 11 is 1.17. The van der Waals surface area contributed by atoms with Gasteiger partial charge < -0.3 is 19.3 Å². The van der Waals surface area contributed by atoms with E-state index in [-0.39, 0.29) is 11.7 Å². The fraction of sp³-hybridized carbons (Fsp3) is 0.667. The van der Waals surface area contributed by atoms with Crippen LogP contribution in [0.15, 0.2) is 4.99 Å². The summed E-state index contributed by atoms with van der Waals surface area (Å²) in [5.74, 6) is -0.706. The Morgan fingerprint density at radius 1 is 1.41 bits per heavy atom. The molecule has 0 aromatic carbocycles. The van der Waals surface area contributed by atoms with Crippen molar-refractivity contribution in [3.63, 3.8) is 0 Å². The van der Waals surface area contributed by atoms with Gasteiger partial charge in [0.2, 0.25) is 0 Å². The average molecular weight is 330 g/mol. The Morgan fingerprint density at radius 3 is 2.77 bits per heavy atom. The average Bonchev–Trinajstić information content (AvgIpc) is 2.87. The van der Waals surface area contributed by atoms with Gasteiger partial charge in [-0.15, -0.1) is 0 Å². The lowest BCUT2D eigenvalue weighted by Gasteiger charge is -2.36. The second-order valence-electron chi connectivity index (χ2n) is 4.73. The van der Waals surface area contributed by atoms with Gasteiger partial charge in [0.25, 0.3) is 5.91 Å². The maximum Gasteiger partial charge on any atom is 0.325 e. The number of carbonyl (C=O) groups excluding carboxylic acids is 3. The quantitative estimate of drug-likeness (QED) is 0.651. The fourth-order valence-corrected chi connectivity index (χ4v) is 3.15. The molecule has 2 heterocycles. The number of likely N-dealkylation sites (N-methyl/N-ethyl adjacent to an activating group) is 1. The summed E-state index contributed by atoms with van der Waals surface area (Å²) in [5, 5.41) is 2.82. The number of nitrogens with one attached hydrogen (secondary N) is 1. The molecule has 2 unspecified atom stereocenters. The maximum absolute atomic E-state index is 12.1. The number of thioether (sulfide) groups is 1. The Kier molecular flexibility index (Phi) is 5.24. The van der Waals surface area contributed by atoms with Crippen molar-refractivity contribution in [2.75, 3.05) is 40.2 Å². The number of carbonyl (C=O) groups is 3. The second-order valence-corrected chi connectivity index (χ2v) is 5.67. The first-order valence-corrected chi connectivity index (χ1v) is 7.58. The Bertz CT molecular complexity index is 512. The van der Waals surface area contributed by atoms with Crippen molar-refractivity contribution >= 4 is 34.8 Å². The number of amides is 3. The topological polar surface area (TPSA) is 101 Å². The van der Waals surface area contributed by atoms with Crippen LogP contribution in [0.3, 0.4) is 0 Å². The number of urea groups is 1. The Balaban J connectivity index is 2.19. The highest BCUT2D eigenvalue weighted by Crippen LogP contribution is 2.28. The predicted molar refractivity (Wildman–Crippen MR) is 79.4 cm³/mol. The van der Waals surface area contributed by atoms with Gasteiger partial charge in [0.05, 0.1) is 19.5 Å². The van der Waals surface area contributed by atoms with Crippen molar-refractivity contribution < 1.29 is 23.9 Å². The minimum absolute atomic E-state index is 0.0809. The molecule has 9 nitrogen and oxygen atoms in total. The summed E-state index contributed by atoms with van der Waals surface area (Å²) in [4.78, 5) is 42.7. The van der Waals surface area contributed by atoms with Crippen molar-refractivity contribution in [3.05, 3.63) is 0 Å². The molecule has 122 valence electrons. The van der Waals surface area contributed by atoms with E-state index in [1.165, 1.54) is 23.8 Å². The molecule has 1 N–H and O–H groups in total. The van der Waals surface area contributed by atoms with E-state index < -0.39 is 24.1 Å². The number of rotatable bonds is 5. The van der Waals surface area contributed by atoms with E-state index in [0.29, 0.717) is 18.3 Å². The number of ether oxygens (including phenoxy) is 2. The highest BCUT2D eigenvalue weighted by Gasteiger charge is 2.48. The molecule has 2 aliphatic heterocycles. The lowest BCUT2D eigenvalue weighted by Crippen LogP contribution is -2.63. The number of esters is 1. The van der Waals surface area contributed by atoms with Gasteiger partial charge in [0.1, 0.15) is 0 Å². The molecule has 0 bridgehead atoms. The third kappa shape index (κ3) is 3.17. The van der Waals surface area contributed by atoms with Crippen LogP contribution in [0.1, 0.15) is 0 Å². The van der Waals surface area contributed by atoms with Crippen molar-refractivity contribution in [3.8, 4) is 0 Å². The largest absolute Gasteiger partial charge is 0.468 e. The zero-order chi connectivity index (χ0) is 16.3. The first-order chi connectivity index (χ1) is 10.5.